The lowest BCUT2D eigenvalue weighted by Gasteiger charge is -2.40. The molecule has 0 N–H and O–H groups in total. The average molecular weight is 815 g/mol. The number of anilines is 3. The number of ether oxygens (including phenoxy) is 1. The number of rotatable bonds is 4. The van der Waals surface area contributed by atoms with E-state index in [1.54, 1.807) is 0 Å². The van der Waals surface area contributed by atoms with Crippen LogP contribution in [0.15, 0.2) is 200 Å². The van der Waals surface area contributed by atoms with E-state index >= 15 is 0 Å². The SMILES string of the molecule is CC1(C)c2ccccc2-c2cccc(N(c3ccccc3)c3ccc4c(c3)Oc3cc5c6ccc(Cl)cc6n(-c6ccccc6)c5cc3C43c4ccccc4-c4ccccc43)c21. The van der Waals surface area contributed by atoms with Crippen LogP contribution in [0.1, 0.15) is 47.2 Å². The van der Waals surface area contributed by atoms with Gasteiger partial charge in [-0.2, -0.15) is 0 Å². The van der Waals surface area contributed by atoms with E-state index in [4.69, 9.17) is 16.3 Å². The smallest absolute Gasteiger partial charge is 0.134 e. The van der Waals surface area contributed by atoms with Crippen LogP contribution >= 0.6 is 11.6 Å². The lowest BCUT2D eigenvalue weighted by molar-refractivity contribution is 0.437. The monoisotopic (exact) mass is 814 g/mol. The molecule has 0 radical (unpaired) electrons. The Morgan fingerprint density at radius 2 is 1.05 bits per heavy atom. The third-order valence-corrected chi connectivity index (χ3v) is 14.1. The summed E-state index contributed by atoms with van der Waals surface area (Å²) in [5, 5.41) is 2.94. The highest BCUT2D eigenvalue weighted by Crippen LogP contribution is 2.64. The molecule has 3 nitrogen and oxygen atoms in total. The van der Waals surface area contributed by atoms with Gasteiger partial charge in [0.05, 0.1) is 22.1 Å². The first kappa shape index (κ1) is 35.4. The predicted octanol–water partition coefficient (Wildman–Crippen LogP) is 15.7. The van der Waals surface area contributed by atoms with E-state index in [1.165, 1.54) is 44.5 Å². The maximum atomic E-state index is 7.37. The van der Waals surface area contributed by atoms with Gasteiger partial charge in [0.15, 0.2) is 0 Å². The van der Waals surface area contributed by atoms with E-state index in [-0.39, 0.29) is 5.41 Å². The molecule has 0 saturated carbocycles. The molecule has 9 aromatic carbocycles. The number of fused-ring (bicyclic) bond motifs is 15. The number of hydrogen-bond acceptors (Lipinski definition) is 2. The van der Waals surface area contributed by atoms with E-state index in [0.29, 0.717) is 5.02 Å². The highest BCUT2D eigenvalue weighted by atomic mass is 35.5. The van der Waals surface area contributed by atoms with Crippen LogP contribution in [0.25, 0.3) is 49.7 Å². The van der Waals surface area contributed by atoms with Crippen molar-refractivity contribution in [1.82, 2.24) is 4.57 Å². The van der Waals surface area contributed by atoms with Crippen LogP contribution in [-0.2, 0) is 10.8 Å². The van der Waals surface area contributed by atoms with Crippen LogP contribution in [0, 0.1) is 0 Å². The molecule has 0 fully saturated rings. The van der Waals surface area contributed by atoms with Crippen molar-refractivity contribution < 1.29 is 4.74 Å². The molecule has 2 heterocycles. The van der Waals surface area contributed by atoms with Crippen molar-refractivity contribution in [3.63, 3.8) is 0 Å². The van der Waals surface area contributed by atoms with Crippen molar-refractivity contribution >= 4 is 50.5 Å². The zero-order valence-electron chi connectivity index (χ0n) is 34.2. The second-order valence-corrected chi connectivity index (χ2v) is 17.8. The third kappa shape index (κ3) is 4.66. The summed E-state index contributed by atoms with van der Waals surface area (Å²) in [6.07, 6.45) is 0. The lowest BCUT2D eigenvalue weighted by atomic mass is 9.66. The number of aromatic nitrogens is 1. The topological polar surface area (TPSA) is 17.4 Å². The summed E-state index contributed by atoms with van der Waals surface area (Å²) < 4.78 is 9.73. The fourth-order valence-corrected chi connectivity index (χ4v) is 11.5. The van der Waals surface area contributed by atoms with Gasteiger partial charge >= 0.3 is 0 Å². The zero-order chi connectivity index (χ0) is 41.3. The Morgan fingerprint density at radius 3 is 1.77 bits per heavy atom. The summed E-state index contributed by atoms with van der Waals surface area (Å²) in [6.45, 7) is 4.72. The van der Waals surface area contributed by atoms with Crippen molar-refractivity contribution in [3.05, 3.63) is 239 Å². The molecule has 13 rings (SSSR count). The van der Waals surface area contributed by atoms with E-state index < -0.39 is 5.41 Å². The van der Waals surface area contributed by atoms with Crippen LogP contribution in [0.3, 0.4) is 0 Å². The first-order valence-electron chi connectivity index (χ1n) is 21.4. The average Bonchev–Trinajstić information content (AvgIpc) is 3.87. The van der Waals surface area contributed by atoms with Gasteiger partial charge < -0.3 is 14.2 Å². The molecule has 1 aromatic heterocycles. The van der Waals surface area contributed by atoms with Gasteiger partial charge in [-0.05, 0) is 105 Å². The fraction of sp³-hybridized carbons (Fsp3) is 0.0690. The molecule has 10 aromatic rings. The molecule has 1 aliphatic heterocycles. The van der Waals surface area contributed by atoms with Gasteiger partial charge in [-0.15, -0.1) is 0 Å². The van der Waals surface area contributed by atoms with Crippen LogP contribution in [0.2, 0.25) is 5.02 Å². The second kappa shape index (κ2) is 12.8. The van der Waals surface area contributed by atoms with E-state index in [9.17, 15) is 0 Å². The number of halogens is 1. The molecule has 2 aliphatic carbocycles. The van der Waals surface area contributed by atoms with Gasteiger partial charge in [-0.1, -0.05) is 159 Å². The summed E-state index contributed by atoms with van der Waals surface area (Å²) >= 11 is 6.76. The Balaban J connectivity index is 1.10. The Kier molecular flexibility index (Phi) is 7.34. The molecular weight excluding hydrogens is 776 g/mol. The van der Waals surface area contributed by atoms with Gasteiger partial charge in [0.2, 0.25) is 0 Å². The molecule has 0 saturated heterocycles. The molecule has 0 unspecified atom stereocenters. The van der Waals surface area contributed by atoms with Gasteiger partial charge in [0, 0.05) is 55.5 Å². The van der Waals surface area contributed by atoms with E-state index in [1.807, 2.05) is 6.07 Å². The first-order chi connectivity index (χ1) is 30.4. The predicted molar refractivity (Wildman–Crippen MR) is 255 cm³/mol. The quantitative estimate of drug-likeness (QED) is 0.176. The normalized spacial score (nSPS) is 14.4. The summed E-state index contributed by atoms with van der Waals surface area (Å²) in [6, 6.07) is 72.7. The Hall–Kier alpha value is -7.33. The molecule has 3 aliphatic rings. The standard InChI is InChI=1S/C58H39ClN2O/c1-57(2)46-24-12-9-22-42(46)44-23-15-27-51(56(44)57)60(37-16-5-3-6-17-37)39-29-31-49-54(33-39)62-55-34-45-43-30-28-36(59)32-52(43)61(38-18-7-4-8-19-38)53(45)35-50(55)58(49)47-25-13-10-20-40(47)41-21-11-14-26-48(41)58/h3-35H,1-2H3. The number of nitrogens with zero attached hydrogens (tertiary/aromatic N) is 2. The molecule has 1 spiro atoms. The van der Waals surface area contributed by atoms with Crippen LogP contribution in [0.4, 0.5) is 17.1 Å². The highest BCUT2D eigenvalue weighted by molar-refractivity contribution is 6.31. The maximum absolute atomic E-state index is 7.37. The van der Waals surface area contributed by atoms with Gasteiger partial charge in [-0.3, -0.25) is 0 Å². The molecule has 0 bridgehead atoms. The second-order valence-electron chi connectivity index (χ2n) is 17.4. The van der Waals surface area contributed by atoms with Crippen molar-refractivity contribution in [1.29, 1.82) is 0 Å². The molecular formula is C58H39ClN2O. The van der Waals surface area contributed by atoms with Crippen LogP contribution in [0.5, 0.6) is 11.5 Å². The van der Waals surface area contributed by atoms with Crippen molar-refractivity contribution in [2.75, 3.05) is 4.90 Å². The van der Waals surface area contributed by atoms with Gasteiger partial charge in [0.1, 0.15) is 11.5 Å². The molecule has 294 valence electrons. The lowest BCUT2D eigenvalue weighted by Crippen LogP contribution is -2.32. The van der Waals surface area contributed by atoms with Gasteiger partial charge in [0.25, 0.3) is 0 Å². The van der Waals surface area contributed by atoms with Crippen molar-refractivity contribution in [2.45, 2.75) is 24.7 Å². The van der Waals surface area contributed by atoms with Crippen LogP contribution < -0.4 is 9.64 Å². The largest absolute Gasteiger partial charge is 0.457 e. The highest BCUT2D eigenvalue weighted by Gasteiger charge is 2.51. The number of benzene rings is 9. The van der Waals surface area contributed by atoms with Crippen LogP contribution in [-0.4, -0.2) is 4.57 Å². The minimum atomic E-state index is -0.659. The molecule has 0 amide bonds. The van der Waals surface area contributed by atoms with E-state index in [0.717, 1.165) is 67.2 Å². The summed E-state index contributed by atoms with van der Waals surface area (Å²) in [7, 11) is 0. The number of hydrogen-bond donors (Lipinski definition) is 0. The zero-order valence-corrected chi connectivity index (χ0v) is 35.0. The molecule has 62 heavy (non-hydrogen) atoms. The Morgan fingerprint density at radius 1 is 0.452 bits per heavy atom. The third-order valence-electron chi connectivity index (χ3n) is 13.9. The molecule has 0 atom stereocenters. The summed E-state index contributed by atoms with van der Waals surface area (Å²) in [4.78, 5) is 2.43. The summed E-state index contributed by atoms with van der Waals surface area (Å²) in [5.74, 6) is 1.69. The first-order valence-corrected chi connectivity index (χ1v) is 21.7. The minimum absolute atomic E-state index is 0.213. The fourth-order valence-electron chi connectivity index (χ4n) is 11.4. The summed E-state index contributed by atoms with van der Waals surface area (Å²) in [5.41, 5.74) is 18.1. The number of para-hydroxylation sites is 2. The van der Waals surface area contributed by atoms with E-state index in [2.05, 4.69) is 217 Å². The molecule has 4 heteroatoms. The minimum Gasteiger partial charge on any atom is -0.457 e. The Labute approximate surface area is 365 Å². The van der Waals surface area contributed by atoms with Crippen molar-refractivity contribution in [2.24, 2.45) is 0 Å². The van der Waals surface area contributed by atoms with Crippen molar-refractivity contribution in [3.8, 4) is 39.4 Å². The Bertz CT molecular complexity index is 3450. The maximum Gasteiger partial charge on any atom is 0.134 e. The van der Waals surface area contributed by atoms with Gasteiger partial charge in [-0.25, -0.2) is 0 Å².